The van der Waals surface area contributed by atoms with Crippen molar-refractivity contribution in [2.45, 2.75) is 6.18 Å². The minimum atomic E-state index is -4.59. The summed E-state index contributed by atoms with van der Waals surface area (Å²) in [4.78, 5) is 0. The van der Waals surface area contributed by atoms with E-state index in [4.69, 9.17) is 17.3 Å². The summed E-state index contributed by atoms with van der Waals surface area (Å²) in [6.07, 6.45) is -4.59. The number of nitrogens with one attached hydrogen (secondary N) is 1. The van der Waals surface area contributed by atoms with Crippen molar-refractivity contribution in [3.8, 4) is 0 Å². The van der Waals surface area contributed by atoms with Crippen molar-refractivity contribution in [3.63, 3.8) is 0 Å². The fraction of sp³-hybridized carbons (Fsp3) is 0.0769. The summed E-state index contributed by atoms with van der Waals surface area (Å²) in [5.74, 6) is -0.610. The lowest BCUT2D eigenvalue weighted by atomic mass is 10.1. The summed E-state index contributed by atoms with van der Waals surface area (Å²) < 4.78 is 51.8. The van der Waals surface area contributed by atoms with E-state index in [1.807, 2.05) is 0 Å². The van der Waals surface area contributed by atoms with Crippen molar-refractivity contribution in [2.24, 2.45) is 0 Å². The quantitative estimate of drug-likeness (QED) is 0.616. The Bertz CT molecular complexity index is 641. The van der Waals surface area contributed by atoms with E-state index in [0.29, 0.717) is 0 Å². The van der Waals surface area contributed by atoms with Gasteiger partial charge in [0.2, 0.25) is 0 Å². The number of hydrogen-bond donors (Lipinski definition) is 2. The number of benzene rings is 2. The Morgan fingerprint density at radius 3 is 2.35 bits per heavy atom. The van der Waals surface area contributed by atoms with Gasteiger partial charge in [0, 0.05) is 5.69 Å². The van der Waals surface area contributed by atoms with Crippen LogP contribution in [0.3, 0.4) is 0 Å². The zero-order chi connectivity index (χ0) is 14.9. The van der Waals surface area contributed by atoms with Gasteiger partial charge in [-0.05, 0) is 36.4 Å². The van der Waals surface area contributed by atoms with Gasteiger partial charge in [-0.25, -0.2) is 4.39 Å². The van der Waals surface area contributed by atoms with E-state index in [9.17, 15) is 17.6 Å². The van der Waals surface area contributed by atoms with E-state index in [1.54, 1.807) is 0 Å². The highest BCUT2D eigenvalue weighted by atomic mass is 35.5. The molecule has 3 N–H and O–H groups in total. The van der Waals surface area contributed by atoms with Crippen molar-refractivity contribution in [1.82, 2.24) is 0 Å². The lowest BCUT2D eigenvalue weighted by Crippen LogP contribution is -2.09. The normalized spacial score (nSPS) is 11.4. The molecule has 0 aliphatic heterocycles. The van der Waals surface area contributed by atoms with Gasteiger partial charge in [-0.3, -0.25) is 0 Å². The van der Waals surface area contributed by atoms with Gasteiger partial charge in [0.05, 0.1) is 22.0 Å². The highest BCUT2D eigenvalue weighted by Crippen LogP contribution is 2.38. The summed E-state index contributed by atoms with van der Waals surface area (Å²) in [5, 5.41) is 2.58. The molecule has 0 radical (unpaired) electrons. The first-order valence-corrected chi connectivity index (χ1v) is 5.84. The lowest BCUT2D eigenvalue weighted by Gasteiger charge is -2.16. The number of nitrogen functional groups attached to an aromatic ring is 1. The monoisotopic (exact) mass is 304 g/mol. The molecule has 20 heavy (non-hydrogen) atoms. The first-order chi connectivity index (χ1) is 9.27. The van der Waals surface area contributed by atoms with E-state index in [0.717, 1.165) is 18.2 Å². The lowest BCUT2D eigenvalue weighted by molar-refractivity contribution is -0.136. The second-order valence-corrected chi connectivity index (χ2v) is 4.46. The van der Waals surface area contributed by atoms with Crippen LogP contribution in [0.1, 0.15) is 5.56 Å². The second kappa shape index (κ2) is 5.20. The maximum Gasteiger partial charge on any atom is 0.418 e. The molecule has 0 aliphatic carbocycles. The van der Waals surface area contributed by atoms with Gasteiger partial charge in [0.1, 0.15) is 5.82 Å². The molecule has 0 aliphatic rings. The fourth-order valence-electron chi connectivity index (χ4n) is 1.64. The molecule has 0 spiro atoms. The van der Waals surface area contributed by atoms with Crippen LogP contribution in [-0.4, -0.2) is 0 Å². The molecule has 0 saturated heterocycles. The molecular formula is C13H9ClF4N2. The number of anilines is 3. The van der Waals surface area contributed by atoms with E-state index in [-0.39, 0.29) is 22.1 Å². The van der Waals surface area contributed by atoms with Crippen molar-refractivity contribution in [1.29, 1.82) is 0 Å². The number of rotatable bonds is 2. The Hall–Kier alpha value is -1.95. The molecule has 106 valence electrons. The number of alkyl halides is 3. The molecule has 0 bridgehead atoms. The van der Waals surface area contributed by atoms with Crippen molar-refractivity contribution >= 4 is 28.7 Å². The topological polar surface area (TPSA) is 38.0 Å². The average Bonchev–Trinajstić information content (AvgIpc) is 2.34. The van der Waals surface area contributed by atoms with E-state index in [2.05, 4.69) is 5.32 Å². The third-order valence-corrected chi connectivity index (χ3v) is 2.88. The number of hydrogen-bond acceptors (Lipinski definition) is 2. The maximum absolute atomic E-state index is 13.1. The van der Waals surface area contributed by atoms with Gasteiger partial charge in [-0.1, -0.05) is 11.6 Å². The van der Waals surface area contributed by atoms with Crippen LogP contribution in [-0.2, 0) is 6.18 Å². The van der Waals surface area contributed by atoms with Crippen LogP contribution in [0.2, 0.25) is 5.02 Å². The minimum Gasteiger partial charge on any atom is -0.399 e. The van der Waals surface area contributed by atoms with Crippen LogP contribution < -0.4 is 11.1 Å². The summed E-state index contributed by atoms with van der Waals surface area (Å²) in [6.45, 7) is 0. The largest absolute Gasteiger partial charge is 0.418 e. The van der Waals surface area contributed by atoms with Crippen molar-refractivity contribution < 1.29 is 17.6 Å². The van der Waals surface area contributed by atoms with E-state index in [1.165, 1.54) is 18.2 Å². The van der Waals surface area contributed by atoms with Gasteiger partial charge in [0.15, 0.2) is 0 Å². The molecule has 7 heteroatoms. The first kappa shape index (κ1) is 14.5. The molecule has 2 rings (SSSR count). The average molecular weight is 305 g/mol. The number of halogens is 5. The van der Waals surface area contributed by atoms with Crippen LogP contribution in [0.25, 0.3) is 0 Å². The highest BCUT2D eigenvalue weighted by molar-refractivity contribution is 6.33. The molecule has 0 fully saturated rings. The van der Waals surface area contributed by atoms with Crippen LogP contribution >= 0.6 is 11.6 Å². The van der Waals surface area contributed by atoms with Crippen LogP contribution in [0, 0.1) is 5.82 Å². The molecule has 2 nitrogen and oxygen atoms in total. The third-order valence-electron chi connectivity index (χ3n) is 2.55. The predicted molar refractivity (Wildman–Crippen MR) is 70.5 cm³/mol. The molecular weight excluding hydrogens is 296 g/mol. The molecule has 0 aromatic heterocycles. The zero-order valence-electron chi connectivity index (χ0n) is 9.93. The molecule has 0 amide bonds. The van der Waals surface area contributed by atoms with Crippen LogP contribution in [0.5, 0.6) is 0 Å². The Kier molecular flexibility index (Phi) is 3.76. The van der Waals surface area contributed by atoms with Gasteiger partial charge in [-0.15, -0.1) is 0 Å². The minimum absolute atomic E-state index is 0.0202. The van der Waals surface area contributed by atoms with Gasteiger partial charge in [0.25, 0.3) is 0 Å². The Morgan fingerprint density at radius 2 is 1.70 bits per heavy atom. The summed E-state index contributed by atoms with van der Waals surface area (Å²) in [5.41, 5.74) is 4.18. The van der Waals surface area contributed by atoms with Crippen molar-refractivity contribution in [2.75, 3.05) is 11.1 Å². The standard InChI is InChI=1S/C13H9ClF4N2/c14-10-3-1-7(15)5-12(10)20-11-4-2-8(19)6-9(11)13(16,17)18/h1-6,20H,19H2. The smallest absolute Gasteiger partial charge is 0.399 e. The predicted octanol–water partition coefficient (Wildman–Crippen LogP) is 4.82. The highest BCUT2D eigenvalue weighted by Gasteiger charge is 2.33. The van der Waals surface area contributed by atoms with E-state index >= 15 is 0 Å². The Balaban J connectivity index is 2.46. The Morgan fingerprint density at radius 1 is 1.00 bits per heavy atom. The summed E-state index contributed by atoms with van der Waals surface area (Å²) in [7, 11) is 0. The van der Waals surface area contributed by atoms with Gasteiger partial charge in [-0.2, -0.15) is 13.2 Å². The molecule has 0 saturated carbocycles. The van der Waals surface area contributed by atoms with Crippen molar-refractivity contribution in [3.05, 3.63) is 52.8 Å². The molecule has 2 aromatic carbocycles. The molecule has 0 atom stereocenters. The fourth-order valence-corrected chi connectivity index (χ4v) is 1.81. The molecule has 0 unspecified atom stereocenters. The molecule has 2 aromatic rings. The van der Waals surface area contributed by atoms with E-state index < -0.39 is 17.6 Å². The van der Waals surface area contributed by atoms with Crippen LogP contribution in [0.4, 0.5) is 34.6 Å². The zero-order valence-corrected chi connectivity index (χ0v) is 10.7. The number of nitrogens with two attached hydrogens (primary N) is 1. The maximum atomic E-state index is 13.1. The Labute approximate surface area is 117 Å². The summed E-state index contributed by atoms with van der Waals surface area (Å²) >= 11 is 5.81. The second-order valence-electron chi connectivity index (χ2n) is 4.05. The first-order valence-electron chi connectivity index (χ1n) is 5.46. The SMILES string of the molecule is Nc1ccc(Nc2cc(F)ccc2Cl)c(C(F)(F)F)c1. The van der Waals surface area contributed by atoms with Gasteiger partial charge >= 0.3 is 6.18 Å². The van der Waals surface area contributed by atoms with Crippen LogP contribution in [0.15, 0.2) is 36.4 Å². The summed E-state index contributed by atoms with van der Waals surface area (Å²) in [6, 6.07) is 6.66. The molecule has 0 heterocycles. The van der Waals surface area contributed by atoms with Gasteiger partial charge < -0.3 is 11.1 Å². The third kappa shape index (κ3) is 3.14.